The summed E-state index contributed by atoms with van der Waals surface area (Å²) in [5.74, 6) is 0. The van der Waals surface area contributed by atoms with Gasteiger partial charge in [0.25, 0.3) is 0 Å². The minimum atomic E-state index is -0.180. The zero-order valence-electron chi connectivity index (χ0n) is 27.4. The second-order valence-corrected chi connectivity index (χ2v) is 13.3. The predicted molar refractivity (Wildman–Crippen MR) is 203 cm³/mol. The molecule has 2 heterocycles. The molecule has 0 N–H and O–H groups in total. The van der Waals surface area contributed by atoms with E-state index in [1.165, 1.54) is 33.3 Å². The summed E-state index contributed by atoms with van der Waals surface area (Å²) in [6, 6.07) is 60.6. The minimum absolute atomic E-state index is 0.180. The molecule has 0 aliphatic carbocycles. The molecule has 0 saturated heterocycles. The lowest BCUT2D eigenvalue weighted by atomic mass is 9.73. The van der Waals surface area contributed by atoms with Gasteiger partial charge in [-0.05, 0) is 70.3 Å². The quantitative estimate of drug-likeness (QED) is 0.194. The molecule has 7 aromatic carbocycles. The smallest absolute Gasteiger partial charge is 0.101 e. The van der Waals surface area contributed by atoms with Gasteiger partial charge >= 0.3 is 0 Å². The molecule has 0 fully saturated rings. The lowest BCUT2D eigenvalue weighted by Gasteiger charge is -2.42. The molecule has 0 saturated carbocycles. The molecular weight excluding hydrogens is 595 g/mol. The molecule has 3 nitrogen and oxygen atoms in total. The first kappa shape index (κ1) is 28.8. The van der Waals surface area contributed by atoms with Crippen molar-refractivity contribution in [1.29, 1.82) is 5.26 Å². The summed E-state index contributed by atoms with van der Waals surface area (Å²) in [5, 5.41) is 12.9. The maximum Gasteiger partial charge on any atom is 0.101 e. The highest BCUT2D eigenvalue weighted by Crippen LogP contribution is 2.53. The third kappa shape index (κ3) is 4.35. The molecule has 1 aliphatic rings. The van der Waals surface area contributed by atoms with Crippen molar-refractivity contribution in [2.24, 2.45) is 0 Å². The fraction of sp³-hybridized carbons (Fsp3) is 0.0652. The molecule has 0 unspecified atom stereocenters. The van der Waals surface area contributed by atoms with Gasteiger partial charge in [0.1, 0.15) is 6.07 Å². The zero-order valence-corrected chi connectivity index (χ0v) is 27.4. The maximum atomic E-state index is 10.5. The Balaban J connectivity index is 1.30. The molecular formula is C46H33N3. The van der Waals surface area contributed by atoms with Crippen LogP contribution in [0, 0.1) is 11.3 Å². The van der Waals surface area contributed by atoms with Crippen LogP contribution in [0.15, 0.2) is 164 Å². The first-order valence-corrected chi connectivity index (χ1v) is 16.8. The van der Waals surface area contributed by atoms with Crippen LogP contribution in [-0.4, -0.2) is 4.57 Å². The van der Waals surface area contributed by atoms with E-state index in [0.717, 1.165) is 44.7 Å². The molecule has 3 heteroatoms. The lowest BCUT2D eigenvalue weighted by Crippen LogP contribution is -2.30. The second-order valence-electron chi connectivity index (χ2n) is 13.3. The second kappa shape index (κ2) is 11.1. The Morgan fingerprint density at radius 3 is 1.84 bits per heavy atom. The fourth-order valence-corrected chi connectivity index (χ4v) is 7.97. The number of fused-ring (bicyclic) bond motifs is 5. The van der Waals surface area contributed by atoms with Gasteiger partial charge in [0.05, 0.1) is 33.7 Å². The van der Waals surface area contributed by atoms with Gasteiger partial charge in [0.15, 0.2) is 0 Å². The van der Waals surface area contributed by atoms with Gasteiger partial charge in [0.2, 0.25) is 0 Å². The molecule has 49 heavy (non-hydrogen) atoms. The number of para-hydroxylation sites is 5. The van der Waals surface area contributed by atoms with Crippen LogP contribution in [0.25, 0.3) is 49.7 Å². The Morgan fingerprint density at radius 2 is 1.10 bits per heavy atom. The van der Waals surface area contributed by atoms with E-state index < -0.39 is 0 Å². The standard InChI is InChI=1S/C46H33N3/c1-46(2)39-23-10-13-26-43(39)48(33-16-4-3-5-17-33)44-29-31(27-28-40(44)46)34-18-6-7-19-35(34)38-22-14-15-32(30-47)45(38)49-41-24-11-8-20-36(41)37-21-9-12-25-42(37)49/h3-29H,1-2H3. The predicted octanol–water partition coefficient (Wildman–Crippen LogP) is 12.1. The number of hydrogen-bond donors (Lipinski definition) is 0. The highest BCUT2D eigenvalue weighted by atomic mass is 15.2. The van der Waals surface area contributed by atoms with Crippen molar-refractivity contribution in [2.75, 3.05) is 4.90 Å². The van der Waals surface area contributed by atoms with Crippen LogP contribution in [0.2, 0.25) is 0 Å². The third-order valence-electron chi connectivity index (χ3n) is 10.2. The molecule has 8 aromatic rings. The Hall–Kier alpha value is -6.37. The van der Waals surface area contributed by atoms with Crippen LogP contribution >= 0.6 is 0 Å². The van der Waals surface area contributed by atoms with Crippen LogP contribution in [-0.2, 0) is 5.41 Å². The Labute approximate surface area is 286 Å². The normalized spacial score (nSPS) is 13.2. The summed E-state index contributed by atoms with van der Waals surface area (Å²) in [6.45, 7) is 4.65. The number of nitrogens with zero attached hydrogens (tertiary/aromatic N) is 3. The van der Waals surface area contributed by atoms with Crippen molar-refractivity contribution in [3.05, 3.63) is 180 Å². The van der Waals surface area contributed by atoms with E-state index in [2.05, 4.69) is 181 Å². The van der Waals surface area contributed by atoms with Crippen molar-refractivity contribution >= 4 is 38.9 Å². The molecule has 0 spiro atoms. The topological polar surface area (TPSA) is 32.0 Å². The average molecular weight is 628 g/mol. The lowest BCUT2D eigenvalue weighted by molar-refractivity contribution is 0.632. The highest BCUT2D eigenvalue weighted by Gasteiger charge is 2.37. The van der Waals surface area contributed by atoms with Gasteiger partial charge in [-0.25, -0.2) is 0 Å². The first-order chi connectivity index (χ1) is 24.1. The van der Waals surface area contributed by atoms with Crippen LogP contribution in [0.1, 0.15) is 30.5 Å². The van der Waals surface area contributed by atoms with Crippen LogP contribution in [0.3, 0.4) is 0 Å². The van der Waals surface area contributed by atoms with Crippen LogP contribution in [0.5, 0.6) is 0 Å². The van der Waals surface area contributed by atoms with Crippen molar-refractivity contribution in [3.8, 4) is 34.0 Å². The molecule has 0 atom stereocenters. The SMILES string of the molecule is CC1(C)c2ccccc2N(c2ccccc2)c2cc(-c3ccccc3-c3cccc(C#N)c3-n3c4ccccc4c4ccccc43)ccc21. The zero-order chi connectivity index (χ0) is 33.1. The fourth-order valence-electron chi connectivity index (χ4n) is 7.97. The number of anilines is 3. The average Bonchev–Trinajstić information content (AvgIpc) is 3.49. The van der Waals surface area contributed by atoms with E-state index in [0.29, 0.717) is 5.56 Å². The van der Waals surface area contributed by atoms with E-state index >= 15 is 0 Å². The van der Waals surface area contributed by atoms with Crippen LogP contribution < -0.4 is 4.90 Å². The number of aromatic nitrogens is 1. The Kier molecular flexibility index (Phi) is 6.54. The third-order valence-corrected chi connectivity index (χ3v) is 10.2. The molecule has 0 amide bonds. The van der Waals surface area contributed by atoms with Gasteiger partial charge in [-0.15, -0.1) is 0 Å². The minimum Gasteiger partial charge on any atom is -0.310 e. The van der Waals surface area contributed by atoms with Crippen molar-refractivity contribution in [2.45, 2.75) is 19.3 Å². The highest BCUT2D eigenvalue weighted by molar-refractivity contribution is 6.10. The van der Waals surface area contributed by atoms with Gasteiger partial charge in [-0.1, -0.05) is 135 Å². The summed E-state index contributed by atoms with van der Waals surface area (Å²) in [5.41, 5.74) is 14.0. The molecule has 1 aromatic heterocycles. The number of nitriles is 1. The summed E-state index contributed by atoms with van der Waals surface area (Å²) in [4.78, 5) is 2.40. The number of hydrogen-bond acceptors (Lipinski definition) is 2. The Morgan fingerprint density at radius 1 is 0.510 bits per heavy atom. The van der Waals surface area contributed by atoms with Crippen LogP contribution in [0.4, 0.5) is 17.1 Å². The van der Waals surface area contributed by atoms with Crippen molar-refractivity contribution in [1.82, 2.24) is 4.57 Å². The van der Waals surface area contributed by atoms with E-state index in [9.17, 15) is 5.26 Å². The first-order valence-electron chi connectivity index (χ1n) is 16.8. The summed E-state index contributed by atoms with van der Waals surface area (Å²) in [7, 11) is 0. The van der Waals surface area contributed by atoms with Gasteiger partial charge in [0, 0.05) is 27.4 Å². The van der Waals surface area contributed by atoms with Gasteiger partial charge in [-0.2, -0.15) is 5.26 Å². The van der Waals surface area contributed by atoms with Crippen molar-refractivity contribution < 1.29 is 0 Å². The van der Waals surface area contributed by atoms with Gasteiger partial charge in [-0.3, -0.25) is 0 Å². The van der Waals surface area contributed by atoms with Crippen molar-refractivity contribution in [3.63, 3.8) is 0 Å². The summed E-state index contributed by atoms with van der Waals surface area (Å²) >= 11 is 0. The van der Waals surface area contributed by atoms with E-state index in [-0.39, 0.29) is 5.41 Å². The number of benzene rings is 7. The largest absolute Gasteiger partial charge is 0.310 e. The molecule has 1 aliphatic heterocycles. The maximum absolute atomic E-state index is 10.5. The summed E-state index contributed by atoms with van der Waals surface area (Å²) in [6.07, 6.45) is 0. The van der Waals surface area contributed by atoms with E-state index in [1.54, 1.807) is 0 Å². The summed E-state index contributed by atoms with van der Waals surface area (Å²) < 4.78 is 2.28. The van der Waals surface area contributed by atoms with E-state index in [4.69, 9.17) is 0 Å². The Bertz CT molecular complexity index is 2550. The number of rotatable bonds is 4. The molecule has 9 rings (SSSR count). The molecule has 0 bridgehead atoms. The van der Waals surface area contributed by atoms with Gasteiger partial charge < -0.3 is 9.47 Å². The van der Waals surface area contributed by atoms with E-state index in [1.807, 2.05) is 12.1 Å². The molecule has 232 valence electrons. The molecule has 0 radical (unpaired) electrons. The monoisotopic (exact) mass is 627 g/mol.